The summed E-state index contributed by atoms with van der Waals surface area (Å²) in [5, 5.41) is 10.5. The van der Waals surface area contributed by atoms with Crippen LogP contribution in [0.2, 0.25) is 5.02 Å². The van der Waals surface area contributed by atoms with Gasteiger partial charge in [0.25, 0.3) is 0 Å². The molecule has 1 N–H and O–H groups in total. The Bertz CT molecular complexity index is 716. The van der Waals surface area contributed by atoms with Crippen LogP contribution < -0.4 is 4.90 Å². The normalized spacial score (nSPS) is 19.5. The number of hydrogen-bond acceptors (Lipinski definition) is 4. The number of benzene rings is 2. The highest BCUT2D eigenvalue weighted by atomic mass is 35.5. The molecule has 2 heterocycles. The molecular formula is C16H13ClN2OS. The van der Waals surface area contributed by atoms with Crippen LogP contribution in [-0.4, -0.2) is 22.2 Å². The first-order chi connectivity index (χ1) is 10.3. The number of hydrogen-bond donors (Lipinski definition) is 1. The van der Waals surface area contributed by atoms with Crippen molar-refractivity contribution in [2.45, 2.75) is 10.4 Å². The van der Waals surface area contributed by atoms with Crippen LogP contribution in [0.4, 0.5) is 5.69 Å². The van der Waals surface area contributed by atoms with Crippen molar-refractivity contribution in [3.8, 4) is 0 Å². The molecule has 0 amide bonds. The molecule has 0 aliphatic carbocycles. The summed E-state index contributed by atoms with van der Waals surface area (Å²) in [6.45, 7) is -0.0172. The number of thioether (sulfide) groups is 1. The summed E-state index contributed by atoms with van der Waals surface area (Å²) in [7, 11) is 0. The van der Waals surface area contributed by atoms with Crippen molar-refractivity contribution in [2.75, 3.05) is 11.6 Å². The average molecular weight is 317 g/mol. The van der Waals surface area contributed by atoms with E-state index in [1.807, 2.05) is 41.3 Å². The quantitative estimate of drug-likeness (QED) is 0.911. The molecule has 0 fully saturated rings. The fraction of sp³-hybridized carbons (Fsp3) is 0.125. The van der Waals surface area contributed by atoms with Gasteiger partial charge in [0, 0.05) is 16.1 Å². The minimum atomic E-state index is -0.0172. The molecule has 2 aromatic rings. The number of nitrogens with zero attached hydrogens (tertiary/aromatic N) is 2. The van der Waals surface area contributed by atoms with Gasteiger partial charge in [0.05, 0.1) is 11.4 Å². The van der Waals surface area contributed by atoms with E-state index in [2.05, 4.69) is 23.2 Å². The molecule has 5 heteroatoms. The molecule has 0 saturated heterocycles. The standard InChI is InChI=1S/C16H13ClN2OS/c17-12-7-5-11(6-8-12)14-9-18-13-3-1-2-4-15(13)21-16(18)19(14)10-20/h1-9,16,20H,10H2. The van der Waals surface area contributed by atoms with E-state index in [4.69, 9.17) is 11.6 Å². The maximum atomic E-state index is 9.80. The second-order valence-corrected chi connectivity index (χ2v) is 6.49. The number of anilines is 1. The first-order valence-electron chi connectivity index (χ1n) is 6.67. The predicted molar refractivity (Wildman–Crippen MR) is 86.9 cm³/mol. The van der Waals surface area contributed by atoms with E-state index in [1.54, 1.807) is 11.8 Å². The summed E-state index contributed by atoms with van der Waals surface area (Å²) in [6, 6.07) is 16.0. The van der Waals surface area contributed by atoms with Crippen molar-refractivity contribution in [3.05, 3.63) is 65.3 Å². The molecule has 0 radical (unpaired) electrons. The van der Waals surface area contributed by atoms with Crippen LogP contribution in [0.1, 0.15) is 5.56 Å². The summed E-state index contributed by atoms with van der Waals surface area (Å²) >= 11 is 7.71. The fourth-order valence-corrected chi connectivity index (χ4v) is 4.14. The summed E-state index contributed by atoms with van der Waals surface area (Å²) < 4.78 is 0. The molecular weight excluding hydrogens is 304 g/mol. The molecule has 0 saturated carbocycles. The van der Waals surface area contributed by atoms with E-state index in [-0.39, 0.29) is 12.2 Å². The molecule has 1 atom stereocenters. The number of halogens is 1. The van der Waals surface area contributed by atoms with E-state index >= 15 is 0 Å². The van der Waals surface area contributed by atoms with Crippen LogP contribution >= 0.6 is 23.4 Å². The van der Waals surface area contributed by atoms with Gasteiger partial charge in [0.1, 0.15) is 6.73 Å². The third-order valence-electron chi connectivity index (χ3n) is 3.74. The highest BCUT2D eigenvalue weighted by molar-refractivity contribution is 8.00. The number of aliphatic hydroxyl groups is 1. The van der Waals surface area contributed by atoms with Crippen molar-refractivity contribution in [3.63, 3.8) is 0 Å². The van der Waals surface area contributed by atoms with Crippen LogP contribution in [0.15, 0.2) is 59.6 Å². The molecule has 106 valence electrons. The van der Waals surface area contributed by atoms with Gasteiger partial charge in [-0.25, -0.2) is 0 Å². The van der Waals surface area contributed by atoms with Crippen LogP contribution in [0, 0.1) is 0 Å². The molecule has 2 aliphatic heterocycles. The second kappa shape index (κ2) is 4.98. The lowest BCUT2D eigenvalue weighted by Gasteiger charge is -2.26. The minimum Gasteiger partial charge on any atom is -0.376 e. The molecule has 0 bridgehead atoms. The largest absolute Gasteiger partial charge is 0.376 e. The number of fused-ring (bicyclic) bond motifs is 3. The zero-order chi connectivity index (χ0) is 14.4. The lowest BCUT2D eigenvalue weighted by molar-refractivity contribution is 0.161. The number of para-hydroxylation sites is 1. The van der Waals surface area contributed by atoms with E-state index in [0.29, 0.717) is 5.02 Å². The van der Waals surface area contributed by atoms with Crippen LogP contribution in [0.25, 0.3) is 5.70 Å². The maximum Gasteiger partial charge on any atom is 0.161 e. The number of aliphatic hydroxyl groups excluding tert-OH is 1. The van der Waals surface area contributed by atoms with Crippen molar-refractivity contribution in [1.29, 1.82) is 0 Å². The Morgan fingerprint density at radius 3 is 2.62 bits per heavy atom. The molecule has 0 spiro atoms. The molecule has 21 heavy (non-hydrogen) atoms. The summed E-state index contributed by atoms with van der Waals surface area (Å²) in [5.41, 5.74) is 3.34. The third kappa shape index (κ3) is 2.02. The van der Waals surface area contributed by atoms with Gasteiger partial charge in [-0.15, -0.1) is 0 Å². The lowest BCUT2D eigenvalue weighted by Crippen LogP contribution is -2.34. The van der Waals surface area contributed by atoms with Crippen LogP contribution in [0.3, 0.4) is 0 Å². The third-order valence-corrected chi connectivity index (χ3v) is 5.29. The predicted octanol–water partition coefficient (Wildman–Crippen LogP) is 3.80. The second-order valence-electron chi connectivity index (χ2n) is 4.95. The molecule has 2 aliphatic rings. The zero-order valence-electron chi connectivity index (χ0n) is 11.1. The van der Waals surface area contributed by atoms with Gasteiger partial charge in [0.2, 0.25) is 0 Å². The summed E-state index contributed by atoms with van der Waals surface area (Å²) in [4.78, 5) is 5.45. The van der Waals surface area contributed by atoms with Gasteiger partial charge < -0.3 is 14.9 Å². The first kappa shape index (κ1) is 13.1. The van der Waals surface area contributed by atoms with Crippen LogP contribution in [0.5, 0.6) is 0 Å². The van der Waals surface area contributed by atoms with Crippen molar-refractivity contribution >= 4 is 34.7 Å². The van der Waals surface area contributed by atoms with E-state index in [1.165, 1.54) is 10.6 Å². The van der Waals surface area contributed by atoms with E-state index in [9.17, 15) is 5.11 Å². The molecule has 0 aromatic heterocycles. The smallest absolute Gasteiger partial charge is 0.161 e. The summed E-state index contributed by atoms with van der Waals surface area (Å²) in [6.07, 6.45) is 2.10. The van der Waals surface area contributed by atoms with Crippen molar-refractivity contribution in [1.82, 2.24) is 4.90 Å². The van der Waals surface area contributed by atoms with E-state index in [0.717, 1.165) is 11.3 Å². The van der Waals surface area contributed by atoms with Gasteiger partial charge >= 0.3 is 0 Å². The zero-order valence-corrected chi connectivity index (χ0v) is 12.7. The van der Waals surface area contributed by atoms with E-state index < -0.39 is 0 Å². The van der Waals surface area contributed by atoms with Crippen LogP contribution in [-0.2, 0) is 0 Å². The first-order valence-corrected chi connectivity index (χ1v) is 7.93. The maximum absolute atomic E-state index is 9.80. The SMILES string of the molecule is OCN1C(c2ccc(Cl)cc2)=CN2c3ccccc3SC12. The van der Waals surface area contributed by atoms with Crippen molar-refractivity contribution < 1.29 is 5.11 Å². The molecule has 2 aromatic carbocycles. The minimum absolute atomic E-state index is 0.0172. The van der Waals surface area contributed by atoms with Crippen molar-refractivity contribution in [2.24, 2.45) is 0 Å². The molecule has 3 nitrogen and oxygen atoms in total. The fourth-order valence-electron chi connectivity index (χ4n) is 2.74. The lowest BCUT2D eigenvalue weighted by atomic mass is 10.1. The Labute approximate surface area is 132 Å². The molecule has 1 unspecified atom stereocenters. The van der Waals surface area contributed by atoms with Gasteiger partial charge in [-0.3, -0.25) is 0 Å². The average Bonchev–Trinajstić information content (AvgIpc) is 3.03. The Kier molecular flexibility index (Phi) is 3.10. The monoisotopic (exact) mass is 316 g/mol. The Hall–Kier alpha value is -1.62. The topological polar surface area (TPSA) is 26.7 Å². The van der Waals surface area contributed by atoms with Gasteiger partial charge in [-0.1, -0.05) is 47.6 Å². The van der Waals surface area contributed by atoms with Gasteiger partial charge in [-0.05, 0) is 29.8 Å². The number of rotatable bonds is 2. The highest BCUT2D eigenvalue weighted by Crippen LogP contribution is 2.50. The highest BCUT2D eigenvalue weighted by Gasteiger charge is 2.39. The Morgan fingerprint density at radius 2 is 1.86 bits per heavy atom. The molecule has 4 rings (SSSR count). The Balaban J connectivity index is 1.77. The van der Waals surface area contributed by atoms with Gasteiger partial charge in [-0.2, -0.15) is 0 Å². The Morgan fingerprint density at radius 1 is 1.10 bits per heavy atom. The summed E-state index contributed by atoms with van der Waals surface area (Å²) in [5.74, 6) is 0. The van der Waals surface area contributed by atoms with Gasteiger partial charge in [0.15, 0.2) is 5.50 Å².